The van der Waals surface area contributed by atoms with Gasteiger partial charge in [-0.25, -0.2) is 4.79 Å². The second kappa shape index (κ2) is 6.50. The Hall–Kier alpha value is -1.97. The van der Waals surface area contributed by atoms with Crippen LogP contribution in [0.5, 0.6) is 0 Å². The summed E-state index contributed by atoms with van der Waals surface area (Å²) in [5, 5.41) is 0. The molecule has 1 aliphatic rings. The Kier molecular flexibility index (Phi) is 4.57. The summed E-state index contributed by atoms with van der Waals surface area (Å²) in [6.45, 7) is 8.93. The fraction of sp³-hybridized carbons (Fsp3) is 0.550. The van der Waals surface area contributed by atoms with Crippen LogP contribution < -0.4 is 0 Å². The van der Waals surface area contributed by atoms with E-state index in [2.05, 4.69) is 27.7 Å². The maximum absolute atomic E-state index is 12.3. The molecule has 3 unspecified atom stereocenters. The first-order valence-electron chi connectivity index (χ1n) is 8.78. The zero-order valence-electron chi connectivity index (χ0n) is 14.9. The van der Waals surface area contributed by atoms with Gasteiger partial charge in [0.1, 0.15) is 6.10 Å². The quantitative estimate of drug-likeness (QED) is 0.416. The Morgan fingerprint density at radius 2 is 2.12 bits per heavy atom. The van der Waals surface area contributed by atoms with Crippen molar-refractivity contribution < 1.29 is 18.7 Å². The van der Waals surface area contributed by atoms with Crippen molar-refractivity contribution >= 4 is 23.2 Å². The van der Waals surface area contributed by atoms with Crippen molar-refractivity contribution in [3.63, 3.8) is 0 Å². The van der Waals surface area contributed by atoms with Gasteiger partial charge in [0.25, 0.3) is 0 Å². The first kappa shape index (κ1) is 16.9. The summed E-state index contributed by atoms with van der Waals surface area (Å²) in [4.78, 5) is 12.3. The third-order valence-electron chi connectivity index (χ3n) is 5.63. The van der Waals surface area contributed by atoms with Crippen LogP contribution in [0.2, 0.25) is 0 Å². The molecule has 0 saturated heterocycles. The third kappa shape index (κ3) is 3.28. The molecule has 1 aromatic carbocycles. The molecule has 0 spiro atoms. The minimum Gasteiger partial charge on any atom is -0.459 e. The van der Waals surface area contributed by atoms with E-state index in [1.165, 1.54) is 6.08 Å². The largest absolute Gasteiger partial charge is 0.459 e. The van der Waals surface area contributed by atoms with Gasteiger partial charge in [0, 0.05) is 11.5 Å². The van der Waals surface area contributed by atoms with Crippen molar-refractivity contribution in [2.24, 2.45) is 17.3 Å². The van der Waals surface area contributed by atoms with E-state index in [0.717, 1.165) is 30.4 Å². The number of hydrogen-bond acceptors (Lipinski definition) is 4. The van der Waals surface area contributed by atoms with Crippen molar-refractivity contribution in [3.05, 3.63) is 29.8 Å². The highest BCUT2D eigenvalue weighted by Crippen LogP contribution is 2.48. The average Bonchev–Trinajstić information content (AvgIpc) is 2.85. The number of carbonyl (C=O) groups is 1. The molecule has 1 fully saturated rings. The molecule has 4 nitrogen and oxygen atoms in total. The Bertz CT molecular complexity index is 736. The molecular formula is C20H26O4. The summed E-state index contributed by atoms with van der Waals surface area (Å²) >= 11 is 0. The number of rotatable bonds is 5. The topological polar surface area (TPSA) is 52.6 Å². The van der Waals surface area contributed by atoms with Crippen LogP contribution in [-0.4, -0.2) is 12.1 Å². The van der Waals surface area contributed by atoms with Crippen molar-refractivity contribution in [1.29, 1.82) is 0 Å². The standard InChI is InChI=1S/C20H26O4/c1-5-20(4)12-15(13(2)3)11-18(20)22-19(21)9-7-14-6-8-16-17(10-14)24-23-16/h6-10,13,15,18H,5,11-12H2,1-4H3/b9-7+. The molecule has 0 bridgehead atoms. The van der Waals surface area contributed by atoms with Gasteiger partial charge in [0.2, 0.25) is 11.2 Å². The number of hydrogen-bond donors (Lipinski definition) is 0. The van der Waals surface area contributed by atoms with E-state index in [1.54, 1.807) is 6.08 Å². The van der Waals surface area contributed by atoms with E-state index >= 15 is 0 Å². The molecule has 0 N–H and O–H groups in total. The fourth-order valence-corrected chi connectivity index (χ4v) is 3.61. The van der Waals surface area contributed by atoms with E-state index in [9.17, 15) is 4.79 Å². The number of fused-ring (bicyclic) bond motifs is 1. The molecule has 1 aromatic heterocycles. The lowest BCUT2D eigenvalue weighted by Gasteiger charge is -2.29. The number of esters is 1. The molecule has 4 heteroatoms. The smallest absolute Gasteiger partial charge is 0.331 e. The normalized spacial score (nSPS) is 27.5. The Balaban J connectivity index is 1.64. The molecule has 0 amide bonds. The van der Waals surface area contributed by atoms with Crippen LogP contribution in [0.25, 0.3) is 17.2 Å². The van der Waals surface area contributed by atoms with E-state index in [4.69, 9.17) is 13.9 Å². The van der Waals surface area contributed by atoms with Crippen LogP contribution in [0.15, 0.2) is 33.4 Å². The van der Waals surface area contributed by atoms with E-state index in [-0.39, 0.29) is 17.5 Å². The molecule has 2 aromatic rings. The van der Waals surface area contributed by atoms with Gasteiger partial charge in [-0.2, -0.15) is 0 Å². The minimum absolute atomic E-state index is 0.000559. The number of benzene rings is 1. The molecule has 24 heavy (non-hydrogen) atoms. The molecule has 1 saturated carbocycles. The minimum atomic E-state index is -0.274. The summed E-state index contributed by atoms with van der Waals surface area (Å²) in [6.07, 6.45) is 6.37. The number of ether oxygens (including phenoxy) is 1. The van der Waals surface area contributed by atoms with Crippen molar-refractivity contribution in [3.8, 4) is 0 Å². The Morgan fingerprint density at radius 3 is 2.71 bits per heavy atom. The second-order valence-corrected chi connectivity index (χ2v) is 7.58. The average molecular weight is 330 g/mol. The predicted octanol–water partition coefficient (Wildman–Crippen LogP) is 5.43. The summed E-state index contributed by atoms with van der Waals surface area (Å²) in [5.41, 5.74) is 2.39. The summed E-state index contributed by atoms with van der Waals surface area (Å²) < 4.78 is 15.5. The molecule has 3 atom stereocenters. The zero-order valence-corrected chi connectivity index (χ0v) is 14.9. The lowest BCUT2D eigenvalue weighted by Crippen LogP contribution is -2.30. The lowest BCUT2D eigenvalue weighted by molar-refractivity contribution is -0.148. The second-order valence-electron chi connectivity index (χ2n) is 7.58. The molecule has 3 rings (SSSR count). The van der Waals surface area contributed by atoms with Gasteiger partial charge in [-0.3, -0.25) is 9.15 Å². The highest BCUT2D eigenvalue weighted by molar-refractivity contribution is 5.88. The molecule has 1 aliphatic carbocycles. The van der Waals surface area contributed by atoms with E-state index < -0.39 is 0 Å². The lowest BCUT2D eigenvalue weighted by atomic mass is 9.82. The highest BCUT2D eigenvalue weighted by atomic mass is 17.0. The van der Waals surface area contributed by atoms with Gasteiger partial charge < -0.3 is 4.74 Å². The van der Waals surface area contributed by atoms with Crippen LogP contribution in [0.4, 0.5) is 0 Å². The fourth-order valence-electron chi connectivity index (χ4n) is 3.61. The van der Waals surface area contributed by atoms with Crippen LogP contribution >= 0.6 is 0 Å². The molecule has 0 aliphatic heterocycles. The van der Waals surface area contributed by atoms with Crippen molar-refractivity contribution in [2.75, 3.05) is 0 Å². The Morgan fingerprint density at radius 1 is 1.38 bits per heavy atom. The summed E-state index contributed by atoms with van der Waals surface area (Å²) in [5.74, 6) is 0.977. The van der Waals surface area contributed by atoms with Gasteiger partial charge in [-0.15, -0.1) is 0 Å². The molecular weight excluding hydrogens is 304 g/mol. The van der Waals surface area contributed by atoms with Crippen LogP contribution in [-0.2, 0) is 9.53 Å². The maximum atomic E-state index is 12.3. The van der Waals surface area contributed by atoms with E-state index in [1.807, 2.05) is 18.2 Å². The monoisotopic (exact) mass is 330 g/mol. The Labute approximate surface area is 142 Å². The van der Waals surface area contributed by atoms with Gasteiger partial charge in [-0.1, -0.05) is 33.8 Å². The number of carbonyl (C=O) groups excluding carboxylic acids is 1. The molecule has 0 radical (unpaired) electrons. The summed E-state index contributed by atoms with van der Waals surface area (Å²) in [6, 6.07) is 5.54. The SMILES string of the molecule is CCC1(C)CC(C(C)C)CC1OC(=O)/C=C/c1ccc2ooc2c1. The van der Waals surface area contributed by atoms with Gasteiger partial charge >= 0.3 is 5.97 Å². The van der Waals surface area contributed by atoms with Crippen LogP contribution in [0, 0.1) is 17.3 Å². The van der Waals surface area contributed by atoms with Crippen molar-refractivity contribution in [2.45, 2.75) is 53.1 Å². The van der Waals surface area contributed by atoms with Gasteiger partial charge in [0.05, 0.1) is 0 Å². The van der Waals surface area contributed by atoms with Gasteiger partial charge in [0.15, 0.2) is 0 Å². The molecule has 1 heterocycles. The van der Waals surface area contributed by atoms with Crippen LogP contribution in [0.3, 0.4) is 0 Å². The first-order chi connectivity index (χ1) is 11.4. The predicted molar refractivity (Wildman–Crippen MR) is 93.4 cm³/mol. The molecule has 130 valence electrons. The van der Waals surface area contributed by atoms with E-state index in [0.29, 0.717) is 17.4 Å². The first-order valence-corrected chi connectivity index (χ1v) is 8.78. The summed E-state index contributed by atoms with van der Waals surface area (Å²) in [7, 11) is 0. The third-order valence-corrected chi connectivity index (χ3v) is 5.63. The van der Waals surface area contributed by atoms with Crippen LogP contribution in [0.1, 0.15) is 52.5 Å². The maximum Gasteiger partial charge on any atom is 0.331 e. The van der Waals surface area contributed by atoms with Crippen molar-refractivity contribution in [1.82, 2.24) is 0 Å². The zero-order chi connectivity index (χ0) is 17.3. The highest BCUT2D eigenvalue weighted by Gasteiger charge is 2.45. The van der Waals surface area contributed by atoms with Gasteiger partial charge in [-0.05, 0) is 54.9 Å².